The van der Waals surface area contributed by atoms with Crippen LogP contribution in [0.15, 0.2) is 54.6 Å². The van der Waals surface area contributed by atoms with Crippen LogP contribution < -0.4 is 15.4 Å². The van der Waals surface area contributed by atoms with E-state index in [2.05, 4.69) is 10.6 Å². The van der Waals surface area contributed by atoms with Crippen molar-refractivity contribution in [1.29, 1.82) is 0 Å². The second kappa shape index (κ2) is 7.19. The molecular formula is C16H18N2O2. The normalized spacial score (nSPS) is 9.85. The summed E-state index contributed by atoms with van der Waals surface area (Å²) in [5, 5.41) is 5.90. The largest absolute Gasteiger partial charge is 0.492 e. The zero-order valence-electron chi connectivity index (χ0n) is 11.4. The van der Waals surface area contributed by atoms with Gasteiger partial charge in [-0.2, -0.15) is 0 Å². The Morgan fingerprint density at radius 1 is 1.05 bits per heavy atom. The van der Waals surface area contributed by atoms with Crippen molar-refractivity contribution in [1.82, 2.24) is 0 Å². The van der Waals surface area contributed by atoms with E-state index in [1.807, 2.05) is 61.5 Å². The molecule has 2 aromatic rings. The highest BCUT2D eigenvalue weighted by molar-refractivity contribution is 5.95. The SMILES string of the molecule is CCOc1ccccc1NC(=O)CNc1ccccc1. The average molecular weight is 270 g/mol. The first-order valence-electron chi connectivity index (χ1n) is 6.60. The van der Waals surface area contributed by atoms with Gasteiger partial charge in [0.05, 0.1) is 18.8 Å². The summed E-state index contributed by atoms with van der Waals surface area (Å²) < 4.78 is 5.47. The van der Waals surface area contributed by atoms with Gasteiger partial charge < -0.3 is 15.4 Å². The molecule has 0 atom stereocenters. The van der Waals surface area contributed by atoms with Gasteiger partial charge in [-0.25, -0.2) is 0 Å². The minimum Gasteiger partial charge on any atom is -0.492 e. The van der Waals surface area contributed by atoms with Gasteiger partial charge in [0.25, 0.3) is 0 Å². The molecule has 2 aromatic carbocycles. The summed E-state index contributed by atoms with van der Waals surface area (Å²) in [5.41, 5.74) is 1.61. The Hall–Kier alpha value is -2.49. The molecule has 0 heterocycles. The van der Waals surface area contributed by atoms with E-state index in [0.717, 1.165) is 5.69 Å². The van der Waals surface area contributed by atoms with Gasteiger partial charge in [-0.15, -0.1) is 0 Å². The monoisotopic (exact) mass is 270 g/mol. The van der Waals surface area contributed by atoms with Gasteiger partial charge in [0.2, 0.25) is 5.91 Å². The molecule has 2 rings (SSSR count). The zero-order chi connectivity index (χ0) is 14.2. The Bertz CT molecular complexity index is 555. The van der Waals surface area contributed by atoms with Crippen LogP contribution in [0, 0.1) is 0 Å². The van der Waals surface area contributed by atoms with Crippen LogP contribution in [0.3, 0.4) is 0 Å². The maximum atomic E-state index is 11.9. The number of anilines is 2. The molecular weight excluding hydrogens is 252 g/mol. The highest BCUT2D eigenvalue weighted by atomic mass is 16.5. The van der Waals surface area contributed by atoms with Crippen molar-refractivity contribution in [3.05, 3.63) is 54.6 Å². The average Bonchev–Trinajstić information content (AvgIpc) is 2.49. The molecule has 0 unspecified atom stereocenters. The second-order valence-corrected chi connectivity index (χ2v) is 4.20. The lowest BCUT2D eigenvalue weighted by atomic mass is 10.3. The quantitative estimate of drug-likeness (QED) is 0.848. The molecule has 0 aliphatic heterocycles. The third-order valence-electron chi connectivity index (χ3n) is 2.69. The zero-order valence-corrected chi connectivity index (χ0v) is 11.4. The first-order valence-corrected chi connectivity index (χ1v) is 6.60. The maximum absolute atomic E-state index is 11.9. The number of carbonyl (C=O) groups excluding carboxylic acids is 1. The molecule has 0 aromatic heterocycles. The Kier molecular flexibility index (Phi) is 5.00. The van der Waals surface area contributed by atoms with Crippen molar-refractivity contribution < 1.29 is 9.53 Å². The number of hydrogen-bond donors (Lipinski definition) is 2. The van der Waals surface area contributed by atoms with Crippen LogP contribution in [-0.2, 0) is 4.79 Å². The predicted molar refractivity (Wildman–Crippen MR) is 81.2 cm³/mol. The Balaban J connectivity index is 1.91. The van der Waals surface area contributed by atoms with Crippen LogP contribution in [0.25, 0.3) is 0 Å². The maximum Gasteiger partial charge on any atom is 0.243 e. The van der Waals surface area contributed by atoms with Gasteiger partial charge in [0.1, 0.15) is 5.75 Å². The molecule has 20 heavy (non-hydrogen) atoms. The van der Waals surface area contributed by atoms with Gasteiger partial charge in [-0.05, 0) is 31.2 Å². The van der Waals surface area contributed by atoms with Crippen LogP contribution in [-0.4, -0.2) is 19.1 Å². The fourth-order valence-corrected chi connectivity index (χ4v) is 1.78. The third kappa shape index (κ3) is 4.02. The van der Waals surface area contributed by atoms with E-state index in [-0.39, 0.29) is 12.5 Å². The van der Waals surface area contributed by atoms with Crippen molar-refractivity contribution in [2.45, 2.75) is 6.92 Å². The fourth-order valence-electron chi connectivity index (χ4n) is 1.78. The molecule has 0 fully saturated rings. The Labute approximate surface area is 118 Å². The van der Waals surface area contributed by atoms with E-state index in [9.17, 15) is 4.79 Å². The van der Waals surface area contributed by atoms with Crippen LogP contribution in [0.1, 0.15) is 6.92 Å². The topological polar surface area (TPSA) is 50.4 Å². The van der Waals surface area contributed by atoms with Gasteiger partial charge in [0.15, 0.2) is 0 Å². The number of nitrogens with one attached hydrogen (secondary N) is 2. The molecule has 0 saturated carbocycles. The minimum absolute atomic E-state index is 0.110. The number of amides is 1. The highest BCUT2D eigenvalue weighted by Crippen LogP contribution is 2.23. The van der Waals surface area contributed by atoms with Crippen molar-refractivity contribution >= 4 is 17.3 Å². The molecule has 0 radical (unpaired) electrons. The molecule has 0 bridgehead atoms. The van der Waals surface area contributed by atoms with Crippen molar-refractivity contribution in [3.8, 4) is 5.75 Å². The van der Waals surface area contributed by atoms with E-state index in [1.165, 1.54) is 0 Å². The number of para-hydroxylation sites is 3. The summed E-state index contributed by atoms with van der Waals surface area (Å²) in [4.78, 5) is 11.9. The molecule has 0 aliphatic rings. The van der Waals surface area contributed by atoms with Crippen molar-refractivity contribution in [2.24, 2.45) is 0 Å². The molecule has 1 amide bonds. The fraction of sp³-hybridized carbons (Fsp3) is 0.188. The summed E-state index contributed by atoms with van der Waals surface area (Å²) in [6.07, 6.45) is 0. The summed E-state index contributed by atoms with van der Waals surface area (Å²) in [6, 6.07) is 17.0. The molecule has 0 spiro atoms. The van der Waals surface area contributed by atoms with Crippen LogP contribution in [0.2, 0.25) is 0 Å². The molecule has 0 saturated heterocycles. The van der Waals surface area contributed by atoms with Gasteiger partial charge in [-0.1, -0.05) is 30.3 Å². The number of benzene rings is 2. The van der Waals surface area contributed by atoms with Gasteiger partial charge in [-0.3, -0.25) is 4.79 Å². The lowest BCUT2D eigenvalue weighted by Crippen LogP contribution is -2.22. The standard InChI is InChI=1S/C16H18N2O2/c1-2-20-15-11-7-6-10-14(15)18-16(19)12-17-13-8-4-3-5-9-13/h3-11,17H,2,12H2,1H3,(H,18,19). The molecule has 2 N–H and O–H groups in total. The minimum atomic E-state index is -0.110. The van der Waals surface area contributed by atoms with Gasteiger partial charge >= 0.3 is 0 Å². The predicted octanol–water partition coefficient (Wildman–Crippen LogP) is 3.14. The van der Waals surface area contributed by atoms with E-state index in [4.69, 9.17) is 4.74 Å². The Morgan fingerprint density at radius 3 is 2.50 bits per heavy atom. The third-order valence-corrected chi connectivity index (χ3v) is 2.69. The van der Waals surface area contributed by atoms with Crippen LogP contribution in [0.5, 0.6) is 5.75 Å². The van der Waals surface area contributed by atoms with Crippen molar-refractivity contribution in [3.63, 3.8) is 0 Å². The van der Waals surface area contributed by atoms with E-state index >= 15 is 0 Å². The number of rotatable bonds is 6. The lowest BCUT2D eigenvalue weighted by Gasteiger charge is -2.12. The highest BCUT2D eigenvalue weighted by Gasteiger charge is 2.06. The van der Waals surface area contributed by atoms with E-state index < -0.39 is 0 Å². The first-order chi connectivity index (χ1) is 9.79. The van der Waals surface area contributed by atoms with Crippen LogP contribution >= 0.6 is 0 Å². The number of ether oxygens (including phenoxy) is 1. The number of hydrogen-bond acceptors (Lipinski definition) is 3. The van der Waals surface area contributed by atoms with Crippen molar-refractivity contribution in [2.75, 3.05) is 23.8 Å². The summed E-state index contributed by atoms with van der Waals surface area (Å²) in [5.74, 6) is 0.573. The Morgan fingerprint density at radius 2 is 1.75 bits per heavy atom. The number of carbonyl (C=O) groups is 1. The molecule has 104 valence electrons. The van der Waals surface area contributed by atoms with Crippen LogP contribution in [0.4, 0.5) is 11.4 Å². The van der Waals surface area contributed by atoms with E-state index in [1.54, 1.807) is 0 Å². The molecule has 0 aliphatic carbocycles. The molecule has 4 nitrogen and oxygen atoms in total. The first kappa shape index (κ1) is 13.9. The summed E-state index contributed by atoms with van der Waals surface area (Å²) in [6.45, 7) is 2.69. The molecule has 4 heteroatoms. The second-order valence-electron chi connectivity index (χ2n) is 4.20. The van der Waals surface area contributed by atoms with E-state index in [0.29, 0.717) is 18.0 Å². The summed E-state index contributed by atoms with van der Waals surface area (Å²) in [7, 11) is 0. The summed E-state index contributed by atoms with van der Waals surface area (Å²) >= 11 is 0. The smallest absolute Gasteiger partial charge is 0.243 e. The lowest BCUT2D eigenvalue weighted by molar-refractivity contribution is -0.114. The van der Waals surface area contributed by atoms with Gasteiger partial charge in [0, 0.05) is 5.69 Å².